The van der Waals surface area contributed by atoms with Gasteiger partial charge in [-0.3, -0.25) is 0 Å². The van der Waals surface area contributed by atoms with Gasteiger partial charge in [0.05, 0.1) is 6.61 Å². The molecular formula is C16H34N2O4. The second-order valence-electron chi connectivity index (χ2n) is 6.57. The van der Waals surface area contributed by atoms with E-state index in [-0.39, 0.29) is 12.1 Å². The van der Waals surface area contributed by atoms with Crippen LogP contribution in [0.15, 0.2) is 0 Å². The second-order valence-corrected chi connectivity index (χ2v) is 6.57. The lowest BCUT2D eigenvalue weighted by Crippen LogP contribution is -2.40. The maximum absolute atomic E-state index is 11.5. The predicted octanol–water partition coefficient (Wildman–Crippen LogP) is 2.32. The smallest absolute Gasteiger partial charge is 0.407 e. The minimum atomic E-state index is -0.457. The van der Waals surface area contributed by atoms with Crippen molar-refractivity contribution in [1.82, 2.24) is 10.6 Å². The predicted molar refractivity (Wildman–Crippen MR) is 88.2 cm³/mol. The minimum absolute atomic E-state index is 0.275. The molecule has 2 atom stereocenters. The number of methoxy groups -OCH3 is 2. The molecule has 0 aromatic rings. The molecule has 0 aromatic heterocycles. The van der Waals surface area contributed by atoms with Crippen molar-refractivity contribution in [2.75, 3.05) is 34.0 Å². The summed E-state index contributed by atoms with van der Waals surface area (Å²) in [6.45, 7) is 9.70. The number of carbonyl (C=O) groups is 1. The summed E-state index contributed by atoms with van der Waals surface area (Å²) in [4.78, 5) is 11.5. The molecule has 22 heavy (non-hydrogen) atoms. The fourth-order valence-electron chi connectivity index (χ4n) is 2.05. The van der Waals surface area contributed by atoms with Gasteiger partial charge in [-0.15, -0.1) is 0 Å². The Morgan fingerprint density at radius 1 is 1.14 bits per heavy atom. The molecule has 0 saturated carbocycles. The third-order valence-corrected chi connectivity index (χ3v) is 3.04. The molecule has 0 aliphatic rings. The van der Waals surface area contributed by atoms with Crippen molar-refractivity contribution in [3.63, 3.8) is 0 Å². The Labute approximate surface area is 135 Å². The molecule has 2 N–H and O–H groups in total. The van der Waals surface area contributed by atoms with Gasteiger partial charge in [0.1, 0.15) is 5.60 Å². The molecule has 6 heteroatoms. The number of nitrogens with one attached hydrogen (secondary N) is 2. The van der Waals surface area contributed by atoms with Crippen molar-refractivity contribution < 1.29 is 19.0 Å². The Morgan fingerprint density at radius 2 is 1.82 bits per heavy atom. The topological polar surface area (TPSA) is 68.8 Å². The van der Waals surface area contributed by atoms with Crippen molar-refractivity contribution in [1.29, 1.82) is 0 Å². The van der Waals surface area contributed by atoms with E-state index >= 15 is 0 Å². The standard InChI is InChI=1S/C16H34N2O4/c1-13(9-11-20-5)18-14(12-21-6)8-7-10-17-15(19)22-16(2,3)4/h13-14,18H,7-12H2,1-6H3,(H,17,19). The normalized spacial score (nSPS) is 14.5. The van der Waals surface area contributed by atoms with Crippen LogP contribution in [0.5, 0.6) is 0 Å². The summed E-state index contributed by atoms with van der Waals surface area (Å²) in [6.07, 6.45) is 2.41. The van der Waals surface area contributed by atoms with Gasteiger partial charge in [0.25, 0.3) is 0 Å². The van der Waals surface area contributed by atoms with Gasteiger partial charge in [-0.25, -0.2) is 4.79 Å². The lowest BCUT2D eigenvalue weighted by atomic mass is 10.1. The third-order valence-electron chi connectivity index (χ3n) is 3.04. The van der Waals surface area contributed by atoms with Gasteiger partial charge in [0.15, 0.2) is 0 Å². The SMILES string of the molecule is COCCC(C)NC(CCCNC(=O)OC(C)(C)C)COC. The average molecular weight is 318 g/mol. The number of amides is 1. The summed E-state index contributed by atoms with van der Waals surface area (Å²) >= 11 is 0. The van der Waals surface area contributed by atoms with Crippen molar-refractivity contribution in [2.45, 2.75) is 64.6 Å². The molecule has 0 heterocycles. The van der Waals surface area contributed by atoms with E-state index in [1.165, 1.54) is 0 Å². The molecule has 132 valence electrons. The quantitative estimate of drug-likeness (QED) is 0.572. The van der Waals surface area contributed by atoms with Gasteiger partial charge >= 0.3 is 6.09 Å². The molecule has 0 aliphatic carbocycles. The van der Waals surface area contributed by atoms with Crippen LogP contribution in [0.2, 0.25) is 0 Å². The lowest BCUT2D eigenvalue weighted by molar-refractivity contribution is 0.0525. The van der Waals surface area contributed by atoms with Crippen LogP contribution in [0, 0.1) is 0 Å². The molecular weight excluding hydrogens is 284 g/mol. The molecule has 0 bridgehead atoms. The average Bonchev–Trinajstić information content (AvgIpc) is 2.39. The Balaban J connectivity index is 3.92. The summed E-state index contributed by atoms with van der Waals surface area (Å²) in [5, 5.41) is 6.30. The van der Waals surface area contributed by atoms with Crippen LogP contribution in [0.3, 0.4) is 0 Å². The number of rotatable bonds is 11. The van der Waals surface area contributed by atoms with Crippen LogP contribution in [0.1, 0.15) is 47.0 Å². The van der Waals surface area contributed by atoms with Gasteiger partial charge in [-0.05, 0) is 47.0 Å². The maximum atomic E-state index is 11.5. The van der Waals surface area contributed by atoms with Gasteiger partial charge in [0.2, 0.25) is 0 Å². The number of hydrogen-bond acceptors (Lipinski definition) is 5. The van der Waals surface area contributed by atoms with E-state index in [9.17, 15) is 4.79 Å². The second kappa shape index (κ2) is 11.7. The van der Waals surface area contributed by atoms with E-state index in [0.29, 0.717) is 19.2 Å². The molecule has 2 unspecified atom stereocenters. The molecule has 0 aromatic carbocycles. The Morgan fingerprint density at radius 3 is 2.36 bits per heavy atom. The zero-order valence-corrected chi connectivity index (χ0v) is 15.0. The number of carbonyl (C=O) groups excluding carboxylic acids is 1. The highest BCUT2D eigenvalue weighted by molar-refractivity contribution is 5.67. The first-order valence-electron chi connectivity index (χ1n) is 7.99. The first-order valence-corrected chi connectivity index (χ1v) is 7.99. The molecule has 0 spiro atoms. The Kier molecular flexibility index (Phi) is 11.2. The van der Waals surface area contributed by atoms with Gasteiger partial charge in [-0.1, -0.05) is 0 Å². The highest BCUT2D eigenvalue weighted by Gasteiger charge is 2.16. The van der Waals surface area contributed by atoms with Crippen LogP contribution >= 0.6 is 0 Å². The van der Waals surface area contributed by atoms with E-state index in [1.807, 2.05) is 20.8 Å². The Hall–Kier alpha value is -0.850. The summed E-state index contributed by atoms with van der Waals surface area (Å²) in [5.74, 6) is 0. The zero-order valence-electron chi connectivity index (χ0n) is 15.0. The molecule has 0 saturated heterocycles. The molecule has 0 aliphatic heterocycles. The lowest BCUT2D eigenvalue weighted by Gasteiger charge is -2.23. The Bertz CT molecular complexity index is 292. The molecule has 1 amide bonds. The van der Waals surface area contributed by atoms with E-state index < -0.39 is 5.60 Å². The van der Waals surface area contributed by atoms with E-state index in [2.05, 4.69) is 17.6 Å². The molecule has 0 radical (unpaired) electrons. The van der Waals surface area contributed by atoms with E-state index in [4.69, 9.17) is 14.2 Å². The van der Waals surface area contributed by atoms with Crippen molar-refractivity contribution in [3.8, 4) is 0 Å². The minimum Gasteiger partial charge on any atom is -0.444 e. The summed E-state index contributed by atoms with van der Waals surface area (Å²) in [6, 6.07) is 0.649. The van der Waals surface area contributed by atoms with E-state index in [0.717, 1.165) is 25.9 Å². The summed E-state index contributed by atoms with van der Waals surface area (Å²) in [7, 11) is 3.41. The monoisotopic (exact) mass is 318 g/mol. The van der Waals surface area contributed by atoms with Crippen molar-refractivity contribution in [2.24, 2.45) is 0 Å². The first-order chi connectivity index (χ1) is 10.3. The number of ether oxygens (including phenoxy) is 3. The van der Waals surface area contributed by atoms with Crippen LogP contribution in [0.4, 0.5) is 4.79 Å². The molecule has 6 nitrogen and oxygen atoms in total. The number of alkyl carbamates (subject to hydrolysis) is 1. The van der Waals surface area contributed by atoms with Crippen LogP contribution in [0.25, 0.3) is 0 Å². The van der Waals surface area contributed by atoms with Crippen LogP contribution in [-0.2, 0) is 14.2 Å². The summed E-state index contributed by atoms with van der Waals surface area (Å²) < 4.78 is 15.5. The van der Waals surface area contributed by atoms with Crippen molar-refractivity contribution in [3.05, 3.63) is 0 Å². The van der Waals surface area contributed by atoms with Gasteiger partial charge < -0.3 is 24.8 Å². The first kappa shape index (κ1) is 21.1. The fourth-order valence-corrected chi connectivity index (χ4v) is 2.05. The van der Waals surface area contributed by atoms with Crippen LogP contribution in [-0.4, -0.2) is 57.8 Å². The van der Waals surface area contributed by atoms with Gasteiger partial charge in [-0.2, -0.15) is 0 Å². The largest absolute Gasteiger partial charge is 0.444 e. The van der Waals surface area contributed by atoms with Crippen molar-refractivity contribution >= 4 is 6.09 Å². The summed E-state index contributed by atoms with van der Waals surface area (Å²) in [5.41, 5.74) is -0.457. The highest BCUT2D eigenvalue weighted by Crippen LogP contribution is 2.06. The highest BCUT2D eigenvalue weighted by atomic mass is 16.6. The van der Waals surface area contributed by atoms with Crippen LogP contribution < -0.4 is 10.6 Å². The fraction of sp³-hybridized carbons (Fsp3) is 0.938. The van der Waals surface area contributed by atoms with E-state index in [1.54, 1.807) is 14.2 Å². The van der Waals surface area contributed by atoms with Gasteiger partial charge in [0, 0.05) is 39.5 Å². The molecule has 0 fully saturated rings. The maximum Gasteiger partial charge on any atom is 0.407 e. The number of hydrogen-bond donors (Lipinski definition) is 2. The molecule has 0 rings (SSSR count). The third kappa shape index (κ3) is 12.9. The zero-order chi connectivity index (χ0) is 17.0.